The van der Waals surface area contributed by atoms with E-state index in [-0.39, 0.29) is 36.1 Å². The van der Waals surface area contributed by atoms with Crippen LogP contribution in [0.1, 0.15) is 13.3 Å². The highest BCUT2D eigenvalue weighted by atomic mass is 16.7. The normalized spacial score (nSPS) is 44.1. The highest BCUT2D eigenvalue weighted by molar-refractivity contribution is 5.97. The lowest BCUT2D eigenvalue weighted by Crippen LogP contribution is -2.67. The van der Waals surface area contributed by atoms with Crippen LogP contribution in [-0.4, -0.2) is 37.9 Å². The van der Waals surface area contributed by atoms with Crippen molar-refractivity contribution in [1.29, 1.82) is 0 Å². The number of carbonyl (C=O) groups is 2. The molecule has 2 fully saturated rings. The van der Waals surface area contributed by atoms with Gasteiger partial charge < -0.3 is 14.2 Å². The molecule has 1 aliphatic heterocycles. The van der Waals surface area contributed by atoms with Crippen molar-refractivity contribution >= 4 is 11.8 Å². The maximum Gasteiger partial charge on any atom is 0.306 e. The quantitative estimate of drug-likeness (QED) is 0.411. The molecule has 4 rings (SSSR count). The summed E-state index contributed by atoms with van der Waals surface area (Å²) in [5.74, 6) is -2.16. The summed E-state index contributed by atoms with van der Waals surface area (Å²) in [5.41, 5.74) is -0.752. The number of ketones is 1. The van der Waals surface area contributed by atoms with Crippen LogP contribution in [0.5, 0.6) is 0 Å². The molecule has 4 atom stereocenters. The molecule has 1 saturated heterocycles. The van der Waals surface area contributed by atoms with Crippen molar-refractivity contribution in [2.45, 2.75) is 25.2 Å². The molecular formula is C13H16O5. The zero-order valence-corrected chi connectivity index (χ0v) is 10.6. The monoisotopic (exact) mass is 252 g/mol. The molecule has 2 bridgehead atoms. The van der Waals surface area contributed by atoms with Crippen LogP contribution in [0, 0.1) is 17.3 Å². The third kappa shape index (κ3) is 1.09. The Morgan fingerprint density at radius 2 is 2.00 bits per heavy atom. The van der Waals surface area contributed by atoms with Gasteiger partial charge in [0.05, 0.1) is 17.8 Å². The zero-order chi connectivity index (χ0) is 13.1. The van der Waals surface area contributed by atoms with Crippen LogP contribution in [0.15, 0.2) is 12.2 Å². The average molecular weight is 252 g/mol. The zero-order valence-electron chi connectivity index (χ0n) is 10.6. The standard InChI is InChI=1S/C13H16O5/c1-12-5-4-7(10-8(12)6-9(14)18-10)13(16-2,17-3)11(12)15/h4-5,7-8,10H,6H2,1-3H3. The molecule has 0 aromatic heterocycles. The van der Waals surface area contributed by atoms with Crippen molar-refractivity contribution < 1.29 is 23.8 Å². The molecular weight excluding hydrogens is 236 g/mol. The van der Waals surface area contributed by atoms with Crippen molar-refractivity contribution in [1.82, 2.24) is 0 Å². The number of esters is 1. The van der Waals surface area contributed by atoms with Crippen LogP contribution in [0.2, 0.25) is 0 Å². The Bertz CT molecular complexity index is 450. The van der Waals surface area contributed by atoms with Gasteiger partial charge in [-0.15, -0.1) is 0 Å². The van der Waals surface area contributed by atoms with Gasteiger partial charge >= 0.3 is 5.97 Å². The van der Waals surface area contributed by atoms with Crippen molar-refractivity contribution in [3.8, 4) is 0 Å². The van der Waals surface area contributed by atoms with Gasteiger partial charge in [-0.1, -0.05) is 12.2 Å². The molecule has 4 aliphatic rings. The van der Waals surface area contributed by atoms with Gasteiger partial charge in [-0.05, 0) is 6.92 Å². The van der Waals surface area contributed by atoms with Crippen molar-refractivity contribution in [3.63, 3.8) is 0 Å². The maximum absolute atomic E-state index is 12.7. The largest absolute Gasteiger partial charge is 0.461 e. The first kappa shape index (κ1) is 11.9. The SMILES string of the molecule is COC1(OC)C(=O)C2(C)C=CC1C1OC(=O)CC12. The van der Waals surface area contributed by atoms with Crippen LogP contribution in [0.25, 0.3) is 0 Å². The van der Waals surface area contributed by atoms with Crippen LogP contribution in [0.3, 0.4) is 0 Å². The number of hydrogen-bond donors (Lipinski definition) is 0. The number of carbonyl (C=O) groups excluding carboxylic acids is 2. The minimum absolute atomic E-state index is 0.106. The van der Waals surface area contributed by atoms with Gasteiger partial charge in [0.25, 0.3) is 0 Å². The number of rotatable bonds is 2. The Hall–Kier alpha value is -1.20. The highest BCUT2D eigenvalue weighted by Crippen LogP contribution is 2.57. The van der Waals surface area contributed by atoms with Crippen molar-refractivity contribution in [3.05, 3.63) is 12.2 Å². The lowest BCUT2D eigenvalue weighted by atomic mass is 9.55. The third-order valence-electron chi connectivity index (χ3n) is 4.68. The van der Waals surface area contributed by atoms with E-state index in [1.165, 1.54) is 14.2 Å². The molecule has 4 unspecified atom stereocenters. The van der Waals surface area contributed by atoms with Gasteiger partial charge in [-0.3, -0.25) is 9.59 Å². The number of Topliss-reactive ketones (excluding diaryl/α,β-unsaturated/α-hetero) is 1. The molecule has 0 spiro atoms. The summed E-state index contributed by atoms with van der Waals surface area (Å²) in [6, 6.07) is 0. The summed E-state index contributed by atoms with van der Waals surface area (Å²) >= 11 is 0. The summed E-state index contributed by atoms with van der Waals surface area (Å²) in [4.78, 5) is 24.2. The molecule has 3 aliphatic carbocycles. The number of methoxy groups -OCH3 is 2. The minimum Gasteiger partial charge on any atom is -0.461 e. The first-order chi connectivity index (χ1) is 8.49. The van der Waals surface area contributed by atoms with E-state index in [4.69, 9.17) is 14.2 Å². The number of allylic oxidation sites excluding steroid dienone is 1. The van der Waals surface area contributed by atoms with E-state index in [0.29, 0.717) is 0 Å². The van der Waals surface area contributed by atoms with Crippen LogP contribution in [0.4, 0.5) is 0 Å². The maximum atomic E-state index is 12.7. The Labute approximate surface area is 105 Å². The lowest BCUT2D eigenvalue weighted by Gasteiger charge is -2.53. The second-order valence-electron chi connectivity index (χ2n) is 5.34. The Balaban J connectivity index is 2.15. The molecule has 1 heterocycles. The van der Waals surface area contributed by atoms with Crippen LogP contribution < -0.4 is 0 Å². The van der Waals surface area contributed by atoms with Crippen LogP contribution in [-0.2, 0) is 23.8 Å². The van der Waals surface area contributed by atoms with Gasteiger partial charge in [0.1, 0.15) is 6.10 Å². The fraction of sp³-hybridized carbons (Fsp3) is 0.692. The highest BCUT2D eigenvalue weighted by Gasteiger charge is 2.69. The predicted octanol–water partition coefficient (Wildman–Crippen LogP) is 0.682. The van der Waals surface area contributed by atoms with E-state index in [2.05, 4.69) is 0 Å². The van der Waals surface area contributed by atoms with Crippen molar-refractivity contribution in [2.24, 2.45) is 17.3 Å². The van der Waals surface area contributed by atoms with E-state index in [1.54, 1.807) is 0 Å². The smallest absolute Gasteiger partial charge is 0.306 e. The van der Waals surface area contributed by atoms with Gasteiger partial charge in [-0.2, -0.15) is 0 Å². The van der Waals surface area contributed by atoms with E-state index in [1.807, 2.05) is 19.1 Å². The Morgan fingerprint density at radius 1 is 1.33 bits per heavy atom. The molecule has 18 heavy (non-hydrogen) atoms. The summed E-state index contributed by atoms with van der Waals surface area (Å²) in [6.45, 7) is 1.83. The number of hydrogen-bond acceptors (Lipinski definition) is 5. The molecule has 5 nitrogen and oxygen atoms in total. The molecule has 0 aromatic carbocycles. The molecule has 0 radical (unpaired) electrons. The molecule has 98 valence electrons. The van der Waals surface area contributed by atoms with Crippen molar-refractivity contribution in [2.75, 3.05) is 14.2 Å². The number of ether oxygens (including phenoxy) is 3. The predicted molar refractivity (Wildman–Crippen MR) is 60.5 cm³/mol. The summed E-state index contributed by atoms with van der Waals surface area (Å²) < 4.78 is 16.1. The topological polar surface area (TPSA) is 61.8 Å². The second-order valence-corrected chi connectivity index (χ2v) is 5.34. The summed E-state index contributed by atoms with van der Waals surface area (Å²) in [5, 5.41) is 0. The first-order valence-electron chi connectivity index (χ1n) is 6.03. The third-order valence-corrected chi connectivity index (χ3v) is 4.68. The van der Waals surface area contributed by atoms with E-state index in [9.17, 15) is 9.59 Å². The molecule has 0 amide bonds. The summed E-state index contributed by atoms with van der Waals surface area (Å²) in [7, 11) is 2.90. The van der Waals surface area contributed by atoms with Gasteiger partial charge in [-0.25, -0.2) is 0 Å². The van der Waals surface area contributed by atoms with Gasteiger partial charge in [0.2, 0.25) is 11.6 Å². The Kier molecular flexibility index (Phi) is 2.26. The van der Waals surface area contributed by atoms with E-state index in [0.717, 1.165) is 0 Å². The molecule has 0 aromatic rings. The fourth-order valence-electron chi connectivity index (χ4n) is 3.65. The molecule has 0 N–H and O–H groups in total. The van der Waals surface area contributed by atoms with Gasteiger partial charge in [0, 0.05) is 20.1 Å². The average Bonchev–Trinajstić information content (AvgIpc) is 2.76. The lowest BCUT2D eigenvalue weighted by molar-refractivity contribution is -0.261. The molecule has 1 saturated carbocycles. The minimum atomic E-state index is -1.32. The Morgan fingerprint density at radius 3 is 2.61 bits per heavy atom. The fourth-order valence-corrected chi connectivity index (χ4v) is 3.65. The van der Waals surface area contributed by atoms with E-state index >= 15 is 0 Å². The number of fused-ring (bicyclic) bond motifs is 1. The van der Waals surface area contributed by atoms with Crippen LogP contribution >= 0.6 is 0 Å². The summed E-state index contributed by atoms with van der Waals surface area (Å²) in [6.07, 6.45) is 3.72. The molecule has 5 heteroatoms. The second kappa shape index (κ2) is 3.42. The van der Waals surface area contributed by atoms with E-state index < -0.39 is 11.2 Å². The first-order valence-corrected chi connectivity index (χ1v) is 6.03. The van der Waals surface area contributed by atoms with Gasteiger partial charge in [0.15, 0.2) is 0 Å².